The SMILES string of the molecule is CS(=O)(=O)N1CCC(COc2coc(CN3Cc4ccccc4C3)cc2=O)CC1. The summed E-state index contributed by atoms with van der Waals surface area (Å²) in [4.78, 5) is 14.6. The van der Waals surface area contributed by atoms with Gasteiger partial charge in [0.2, 0.25) is 21.2 Å². The van der Waals surface area contributed by atoms with Gasteiger partial charge in [0, 0.05) is 32.2 Å². The first-order chi connectivity index (χ1) is 13.9. The average Bonchev–Trinajstić information content (AvgIpc) is 3.09. The molecule has 2 aliphatic rings. The summed E-state index contributed by atoms with van der Waals surface area (Å²) in [7, 11) is -3.13. The lowest BCUT2D eigenvalue weighted by Gasteiger charge is -2.29. The van der Waals surface area contributed by atoms with Gasteiger partial charge in [-0.25, -0.2) is 12.7 Å². The Morgan fingerprint density at radius 1 is 1.14 bits per heavy atom. The van der Waals surface area contributed by atoms with Crippen molar-refractivity contribution in [3.8, 4) is 5.75 Å². The molecule has 8 heteroatoms. The Morgan fingerprint density at radius 2 is 1.79 bits per heavy atom. The molecule has 0 atom stereocenters. The molecule has 4 rings (SSSR count). The smallest absolute Gasteiger partial charge is 0.227 e. The van der Waals surface area contributed by atoms with E-state index in [0.717, 1.165) is 25.9 Å². The van der Waals surface area contributed by atoms with Gasteiger partial charge in [-0.1, -0.05) is 24.3 Å². The van der Waals surface area contributed by atoms with Gasteiger partial charge in [-0.3, -0.25) is 9.69 Å². The molecule has 156 valence electrons. The second-order valence-electron chi connectivity index (χ2n) is 7.91. The Hall–Kier alpha value is -2.16. The van der Waals surface area contributed by atoms with E-state index in [0.29, 0.717) is 32.0 Å². The average molecular weight is 419 g/mol. The summed E-state index contributed by atoms with van der Waals surface area (Å²) in [5.74, 6) is 1.07. The largest absolute Gasteiger partial charge is 0.486 e. The van der Waals surface area contributed by atoms with Crippen LogP contribution < -0.4 is 10.2 Å². The molecule has 1 fully saturated rings. The Balaban J connectivity index is 1.29. The van der Waals surface area contributed by atoms with Crippen LogP contribution in [0.1, 0.15) is 29.7 Å². The maximum atomic E-state index is 12.4. The Morgan fingerprint density at radius 3 is 2.38 bits per heavy atom. The lowest BCUT2D eigenvalue weighted by molar-refractivity contribution is 0.180. The number of ether oxygens (including phenoxy) is 1. The second-order valence-corrected chi connectivity index (χ2v) is 9.89. The van der Waals surface area contributed by atoms with E-state index < -0.39 is 10.0 Å². The minimum Gasteiger partial charge on any atom is -0.486 e. The molecule has 3 heterocycles. The molecular formula is C21H26N2O5S. The number of hydrogen-bond donors (Lipinski definition) is 0. The van der Waals surface area contributed by atoms with E-state index in [-0.39, 0.29) is 17.1 Å². The zero-order valence-corrected chi connectivity index (χ0v) is 17.4. The van der Waals surface area contributed by atoms with Gasteiger partial charge in [0.25, 0.3) is 0 Å². The van der Waals surface area contributed by atoms with Crippen molar-refractivity contribution in [2.24, 2.45) is 5.92 Å². The summed E-state index contributed by atoms with van der Waals surface area (Å²) >= 11 is 0. The molecule has 29 heavy (non-hydrogen) atoms. The molecule has 1 saturated heterocycles. The molecule has 2 aliphatic heterocycles. The standard InChI is InChI=1S/C21H26N2O5S/c1-29(25,26)23-8-6-16(7-9-23)14-28-21-15-27-19(10-20(21)24)13-22-11-17-4-2-3-5-18(17)12-22/h2-5,10,15-16H,6-9,11-14H2,1H3. The van der Waals surface area contributed by atoms with Crippen molar-refractivity contribution in [3.63, 3.8) is 0 Å². The molecule has 2 aromatic rings. The van der Waals surface area contributed by atoms with Gasteiger partial charge < -0.3 is 9.15 Å². The first-order valence-corrected chi connectivity index (χ1v) is 11.7. The Labute approximate surface area is 170 Å². The van der Waals surface area contributed by atoms with E-state index in [1.54, 1.807) is 0 Å². The number of fused-ring (bicyclic) bond motifs is 1. The fraction of sp³-hybridized carbons (Fsp3) is 0.476. The molecule has 0 radical (unpaired) electrons. The van der Waals surface area contributed by atoms with Crippen LogP contribution >= 0.6 is 0 Å². The monoisotopic (exact) mass is 418 g/mol. The fourth-order valence-corrected chi connectivity index (χ4v) is 4.85. The van der Waals surface area contributed by atoms with E-state index >= 15 is 0 Å². The topological polar surface area (TPSA) is 80.1 Å². The number of sulfonamides is 1. The molecule has 0 aliphatic carbocycles. The predicted octanol–water partition coefficient (Wildman–Crippen LogP) is 2.21. The number of piperidine rings is 1. The maximum Gasteiger partial charge on any atom is 0.227 e. The molecule has 0 bridgehead atoms. The van der Waals surface area contributed by atoms with Gasteiger partial charge in [-0.2, -0.15) is 0 Å². The van der Waals surface area contributed by atoms with Crippen LogP contribution in [-0.4, -0.2) is 43.6 Å². The van der Waals surface area contributed by atoms with Crippen LogP contribution in [0.25, 0.3) is 0 Å². The summed E-state index contributed by atoms with van der Waals surface area (Å²) in [5, 5.41) is 0. The van der Waals surface area contributed by atoms with Crippen molar-refractivity contribution < 1.29 is 17.6 Å². The van der Waals surface area contributed by atoms with Crippen LogP contribution in [0.4, 0.5) is 0 Å². The predicted molar refractivity (Wildman–Crippen MR) is 109 cm³/mol. The normalized spacial score (nSPS) is 18.7. The van der Waals surface area contributed by atoms with Crippen LogP contribution in [-0.2, 0) is 29.7 Å². The number of hydrogen-bond acceptors (Lipinski definition) is 6. The first kappa shape index (κ1) is 20.1. The minimum atomic E-state index is -3.13. The fourth-order valence-electron chi connectivity index (χ4n) is 3.98. The summed E-state index contributed by atoms with van der Waals surface area (Å²) in [5.41, 5.74) is 2.45. The third-order valence-electron chi connectivity index (χ3n) is 5.66. The van der Waals surface area contributed by atoms with Gasteiger partial charge in [0.05, 0.1) is 19.4 Å². The summed E-state index contributed by atoms with van der Waals surface area (Å²) in [6.45, 7) is 3.67. The number of benzene rings is 1. The van der Waals surface area contributed by atoms with Crippen molar-refractivity contribution in [3.05, 3.63) is 63.7 Å². The first-order valence-electron chi connectivity index (χ1n) is 9.87. The van der Waals surface area contributed by atoms with Crippen LogP contribution in [0, 0.1) is 5.92 Å². The van der Waals surface area contributed by atoms with Gasteiger partial charge >= 0.3 is 0 Å². The molecule has 1 aromatic heterocycles. The molecule has 1 aromatic carbocycles. The van der Waals surface area contributed by atoms with Gasteiger partial charge in [-0.05, 0) is 29.9 Å². The molecular weight excluding hydrogens is 392 g/mol. The Kier molecular flexibility index (Phi) is 5.76. The van der Waals surface area contributed by atoms with Crippen molar-refractivity contribution in [2.45, 2.75) is 32.5 Å². The van der Waals surface area contributed by atoms with E-state index in [9.17, 15) is 13.2 Å². The van der Waals surface area contributed by atoms with Crippen molar-refractivity contribution in [1.29, 1.82) is 0 Å². The molecule has 7 nitrogen and oxygen atoms in total. The summed E-state index contributed by atoms with van der Waals surface area (Å²) in [6, 6.07) is 9.84. The molecule has 0 N–H and O–H groups in total. The van der Waals surface area contributed by atoms with Crippen molar-refractivity contribution in [1.82, 2.24) is 9.21 Å². The minimum absolute atomic E-state index is 0.184. The Bertz CT molecular complexity index is 1000. The van der Waals surface area contributed by atoms with Crippen LogP contribution in [0.3, 0.4) is 0 Å². The van der Waals surface area contributed by atoms with Crippen LogP contribution in [0.2, 0.25) is 0 Å². The highest BCUT2D eigenvalue weighted by atomic mass is 32.2. The zero-order valence-electron chi connectivity index (χ0n) is 16.5. The van der Waals surface area contributed by atoms with Gasteiger partial charge in [0.1, 0.15) is 12.0 Å². The third kappa shape index (κ3) is 4.88. The number of rotatable bonds is 6. The van der Waals surface area contributed by atoms with Gasteiger partial charge in [0.15, 0.2) is 0 Å². The molecule has 0 saturated carbocycles. The van der Waals surface area contributed by atoms with E-state index in [1.165, 1.54) is 34.0 Å². The van der Waals surface area contributed by atoms with Gasteiger partial charge in [-0.15, -0.1) is 0 Å². The molecule has 0 unspecified atom stereocenters. The highest BCUT2D eigenvalue weighted by molar-refractivity contribution is 7.88. The third-order valence-corrected chi connectivity index (χ3v) is 6.96. The lowest BCUT2D eigenvalue weighted by atomic mass is 9.99. The molecule has 0 spiro atoms. The zero-order chi connectivity index (χ0) is 20.4. The van der Waals surface area contributed by atoms with E-state index in [1.807, 2.05) is 12.1 Å². The highest BCUT2D eigenvalue weighted by Gasteiger charge is 2.25. The summed E-state index contributed by atoms with van der Waals surface area (Å²) < 4.78 is 36.0. The van der Waals surface area contributed by atoms with Crippen molar-refractivity contribution >= 4 is 10.0 Å². The quantitative estimate of drug-likeness (QED) is 0.716. The molecule has 0 amide bonds. The second kappa shape index (κ2) is 8.30. The van der Waals surface area contributed by atoms with Crippen LogP contribution in [0.15, 0.2) is 45.8 Å². The maximum absolute atomic E-state index is 12.4. The van der Waals surface area contributed by atoms with E-state index in [4.69, 9.17) is 9.15 Å². The number of nitrogens with zero attached hydrogens (tertiary/aromatic N) is 2. The van der Waals surface area contributed by atoms with Crippen molar-refractivity contribution in [2.75, 3.05) is 26.0 Å². The lowest BCUT2D eigenvalue weighted by Crippen LogP contribution is -2.39. The van der Waals surface area contributed by atoms with Crippen LogP contribution in [0.5, 0.6) is 5.75 Å². The highest BCUT2D eigenvalue weighted by Crippen LogP contribution is 2.24. The summed E-state index contributed by atoms with van der Waals surface area (Å²) in [6.07, 6.45) is 4.09. The van der Waals surface area contributed by atoms with E-state index in [2.05, 4.69) is 17.0 Å².